The van der Waals surface area contributed by atoms with Gasteiger partial charge in [0.15, 0.2) is 5.58 Å². The van der Waals surface area contributed by atoms with E-state index in [4.69, 9.17) is 4.52 Å². The van der Waals surface area contributed by atoms with Crippen LogP contribution in [-0.4, -0.2) is 34.7 Å². The molecule has 0 amide bonds. The molecule has 4 nitrogen and oxygen atoms in total. The minimum Gasteiger partial charge on any atom is -0.356 e. The molecule has 2 aromatic heterocycles. The fourth-order valence-corrected chi connectivity index (χ4v) is 5.28. The molecule has 0 radical (unpaired) electrons. The number of aromatic nitrogens is 2. The quantitative estimate of drug-likeness (QED) is 0.298. The van der Waals surface area contributed by atoms with E-state index in [0.717, 1.165) is 60.7 Å². The molecular weight excluding hydrogens is 421 g/mol. The maximum absolute atomic E-state index is 13.4. The van der Waals surface area contributed by atoms with Crippen LogP contribution in [0.15, 0.2) is 52.4 Å². The van der Waals surface area contributed by atoms with Crippen molar-refractivity contribution < 1.29 is 8.91 Å². The van der Waals surface area contributed by atoms with Crippen molar-refractivity contribution in [2.24, 2.45) is 0 Å². The number of unbranched alkanes of at least 4 members (excludes halogenated alkanes) is 1. The Morgan fingerprint density at radius 2 is 1.91 bits per heavy atom. The van der Waals surface area contributed by atoms with Gasteiger partial charge in [0.25, 0.3) is 0 Å². The fraction of sp³-hybridized carbons (Fsp3) is 0.385. The van der Waals surface area contributed by atoms with Crippen LogP contribution in [-0.2, 0) is 6.42 Å². The van der Waals surface area contributed by atoms with Crippen molar-refractivity contribution in [3.63, 3.8) is 0 Å². The summed E-state index contributed by atoms with van der Waals surface area (Å²) >= 11 is 1.70. The van der Waals surface area contributed by atoms with E-state index in [1.165, 1.54) is 36.1 Å². The van der Waals surface area contributed by atoms with Crippen LogP contribution in [0.1, 0.15) is 47.9 Å². The van der Waals surface area contributed by atoms with Gasteiger partial charge in [-0.15, -0.1) is 11.3 Å². The van der Waals surface area contributed by atoms with Gasteiger partial charge in [0.05, 0.1) is 16.4 Å². The summed E-state index contributed by atoms with van der Waals surface area (Å²) in [7, 11) is 0. The van der Waals surface area contributed by atoms with E-state index in [2.05, 4.69) is 44.7 Å². The highest BCUT2D eigenvalue weighted by Crippen LogP contribution is 2.33. The lowest BCUT2D eigenvalue weighted by Crippen LogP contribution is -2.33. The average Bonchev–Trinajstić information content (AvgIpc) is 3.43. The smallest absolute Gasteiger partial charge is 0.170 e. The van der Waals surface area contributed by atoms with Crippen molar-refractivity contribution in [1.82, 2.24) is 15.0 Å². The zero-order chi connectivity index (χ0) is 21.9. The minimum absolute atomic E-state index is 0.277. The van der Waals surface area contributed by atoms with E-state index in [1.54, 1.807) is 17.4 Å². The van der Waals surface area contributed by atoms with E-state index in [0.29, 0.717) is 11.5 Å². The number of halogens is 1. The summed E-state index contributed by atoms with van der Waals surface area (Å²) in [5.74, 6) is 0.124. The van der Waals surface area contributed by atoms with E-state index < -0.39 is 0 Å². The number of rotatable bonds is 7. The number of aryl methyl sites for hydroxylation is 2. The summed E-state index contributed by atoms with van der Waals surface area (Å²) < 4.78 is 18.7. The van der Waals surface area contributed by atoms with Gasteiger partial charge < -0.3 is 9.42 Å². The first-order chi connectivity index (χ1) is 15.7. The van der Waals surface area contributed by atoms with Crippen LogP contribution >= 0.6 is 11.3 Å². The van der Waals surface area contributed by atoms with Gasteiger partial charge in [-0.3, -0.25) is 0 Å². The molecule has 0 aliphatic carbocycles. The lowest BCUT2D eigenvalue weighted by atomic mass is 9.91. The van der Waals surface area contributed by atoms with E-state index in [1.807, 2.05) is 6.92 Å². The number of hydrogen-bond donors (Lipinski definition) is 0. The highest BCUT2D eigenvalue weighted by atomic mass is 32.1. The van der Waals surface area contributed by atoms with Crippen molar-refractivity contribution in [2.75, 3.05) is 19.6 Å². The fourth-order valence-electron chi connectivity index (χ4n) is 4.66. The maximum Gasteiger partial charge on any atom is 0.170 e. The summed E-state index contributed by atoms with van der Waals surface area (Å²) in [6, 6.07) is 13.6. The molecule has 0 bridgehead atoms. The summed E-state index contributed by atoms with van der Waals surface area (Å²) in [5, 5.41) is 8.45. The number of nitrogens with zero attached hydrogens (tertiary/aromatic N) is 3. The van der Waals surface area contributed by atoms with Crippen LogP contribution in [0.25, 0.3) is 22.2 Å². The highest BCUT2D eigenvalue weighted by molar-refractivity contribution is 7.09. The molecule has 0 unspecified atom stereocenters. The second kappa shape index (κ2) is 9.51. The minimum atomic E-state index is -0.277. The standard InChI is InChI=1S/C26H28FN3OS/c1-18-28-24(17-32-18)20-7-5-19(6-8-20)4-2-3-13-30-14-11-21(12-15-30)26-23-10-9-22(27)16-25(23)31-29-26/h5-10,16-17,21H,2-4,11-15H2,1H3. The van der Waals surface area contributed by atoms with Crippen LogP contribution in [0.4, 0.5) is 4.39 Å². The molecule has 32 heavy (non-hydrogen) atoms. The molecule has 6 heteroatoms. The third-order valence-electron chi connectivity index (χ3n) is 6.49. The number of likely N-dealkylation sites (tertiary alicyclic amines) is 1. The van der Waals surface area contributed by atoms with Crippen molar-refractivity contribution in [2.45, 2.75) is 44.9 Å². The van der Waals surface area contributed by atoms with Gasteiger partial charge in [-0.2, -0.15) is 0 Å². The first-order valence-electron chi connectivity index (χ1n) is 11.4. The third-order valence-corrected chi connectivity index (χ3v) is 7.27. The Hall–Kier alpha value is -2.57. The summed E-state index contributed by atoms with van der Waals surface area (Å²) in [5.41, 5.74) is 5.22. The number of piperidine rings is 1. The number of hydrogen-bond acceptors (Lipinski definition) is 5. The third kappa shape index (κ3) is 4.76. The van der Waals surface area contributed by atoms with Gasteiger partial charge in [-0.1, -0.05) is 29.4 Å². The molecule has 0 N–H and O–H groups in total. The molecule has 1 aliphatic heterocycles. The van der Waals surface area contributed by atoms with Crippen molar-refractivity contribution in [3.8, 4) is 11.3 Å². The molecular formula is C26H28FN3OS. The van der Waals surface area contributed by atoms with Gasteiger partial charge >= 0.3 is 0 Å². The maximum atomic E-state index is 13.4. The Morgan fingerprint density at radius 3 is 2.66 bits per heavy atom. The Bertz CT molecular complexity index is 1180. The molecule has 166 valence electrons. The lowest BCUT2D eigenvalue weighted by molar-refractivity contribution is 0.206. The summed E-state index contributed by atoms with van der Waals surface area (Å²) in [6.07, 6.45) is 5.69. The lowest BCUT2D eigenvalue weighted by Gasteiger charge is -2.31. The average molecular weight is 450 g/mol. The summed E-state index contributed by atoms with van der Waals surface area (Å²) in [4.78, 5) is 7.13. The topological polar surface area (TPSA) is 42.2 Å². The zero-order valence-corrected chi connectivity index (χ0v) is 19.2. The van der Waals surface area contributed by atoms with Crippen LogP contribution in [0, 0.1) is 12.7 Å². The molecule has 1 saturated heterocycles. The van der Waals surface area contributed by atoms with Crippen LogP contribution in [0.3, 0.4) is 0 Å². The van der Waals surface area contributed by atoms with E-state index in [-0.39, 0.29) is 5.82 Å². The van der Waals surface area contributed by atoms with Crippen LogP contribution in [0.5, 0.6) is 0 Å². The van der Waals surface area contributed by atoms with Crippen LogP contribution < -0.4 is 0 Å². The van der Waals surface area contributed by atoms with Crippen molar-refractivity contribution in [3.05, 3.63) is 69.9 Å². The Kier molecular flexibility index (Phi) is 6.32. The van der Waals surface area contributed by atoms with Crippen LogP contribution in [0.2, 0.25) is 0 Å². The van der Waals surface area contributed by atoms with Gasteiger partial charge in [-0.25, -0.2) is 9.37 Å². The van der Waals surface area contributed by atoms with Crippen molar-refractivity contribution >= 4 is 22.3 Å². The molecule has 2 aromatic carbocycles. The normalized spacial score (nSPS) is 15.6. The van der Waals surface area contributed by atoms with Gasteiger partial charge in [0.2, 0.25) is 0 Å². The van der Waals surface area contributed by atoms with E-state index >= 15 is 0 Å². The van der Waals surface area contributed by atoms with Gasteiger partial charge in [0, 0.05) is 28.3 Å². The zero-order valence-electron chi connectivity index (χ0n) is 18.4. The predicted molar refractivity (Wildman–Crippen MR) is 128 cm³/mol. The second-order valence-electron chi connectivity index (χ2n) is 8.73. The Balaban J connectivity index is 1.06. The molecule has 1 aliphatic rings. The molecule has 0 spiro atoms. The molecule has 1 fully saturated rings. The number of benzene rings is 2. The monoisotopic (exact) mass is 449 g/mol. The molecule has 4 aromatic rings. The Labute approximate surface area is 192 Å². The number of fused-ring (bicyclic) bond motifs is 1. The molecule has 3 heterocycles. The number of thiazole rings is 1. The highest BCUT2D eigenvalue weighted by Gasteiger charge is 2.24. The predicted octanol–water partition coefficient (Wildman–Crippen LogP) is 6.60. The first-order valence-corrected chi connectivity index (χ1v) is 12.3. The van der Waals surface area contributed by atoms with Gasteiger partial charge in [-0.05, 0) is 76.4 Å². The van der Waals surface area contributed by atoms with Crippen molar-refractivity contribution in [1.29, 1.82) is 0 Å². The first kappa shape index (κ1) is 21.3. The second-order valence-corrected chi connectivity index (χ2v) is 9.79. The molecule has 5 rings (SSSR count). The van der Waals surface area contributed by atoms with Gasteiger partial charge in [0.1, 0.15) is 5.82 Å². The largest absolute Gasteiger partial charge is 0.356 e. The SMILES string of the molecule is Cc1nc(-c2ccc(CCCCN3CCC(c4noc5cc(F)ccc45)CC3)cc2)cs1. The van der Waals surface area contributed by atoms with E-state index in [9.17, 15) is 4.39 Å². The molecule has 0 saturated carbocycles. The Morgan fingerprint density at radius 1 is 1.09 bits per heavy atom. The molecule has 0 atom stereocenters. The summed E-state index contributed by atoms with van der Waals surface area (Å²) in [6.45, 7) is 5.36.